The van der Waals surface area contributed by atoms with E-state index in [2.05, 4.69) is 41.2 Å². The van der Waals surface area contributed by atoms with Crippen LogP contribution >= 0.6 is 0 Å². The van der Waals surface area contributed by atoms with Gasteiger partial charge in [0.2, 0.25) is 5.88 Å². The van der Waals surface area contributed by atoms with E-state index in [1.54, 1.807) is 0 Å². The van der Waals surface area contributed by atoms with Crippen molar-refractivity contribution in [2.24, 2.45) is 0 Å². The van der Waals surface area contributed by atoms with Gasteiger partial charge in [-0.2, -0.15) is 4.98 Å². The van der Waals surface area contributed by atoms with E-state index in [1.165, 1.54) is 0 Å². The monoisotopic (exact) mass is 266 g/mol. The lowest BCUT2D eigenvalue weighted by Crippen LogP contribution is -2.16. The Hall–Kier alpha value is -1.36. The number of ether oxygens (including phenoxy) is 1. The molecule has 0 aromatic carbocycles. The van der Waals surface area contributed by atoms with Crippen LogP contribution in [0.2, 0.25) is 0 Å². The largest absolute Gasteiger partial charge is 0.477 e. The van der Waals surface area contributed by atoms with Gasteiger partial charge in [-0.05, 0) is 33.9 Å². The molecule has 5 heteroatoms. The zero-order chi connectivity index (χ0) is 14.3. The molecule has 1 aromatic heterocycles. The van der Waals surface area contributed by atoms with E-state index < -0.39 is 0 Å². The Morgan fingerprint density at radius 3 is 2.58 bits per heavy atom. The van der Waals surface area contributed by atoms with Crippen molar-refractivity contribution in [3.63, 3.8) is 0 Å². The Kier molecular flexibility index (Phi) is 6.56. The maximum absolute atomic E-state index is 5.80. The lowest BCUT2D eigenvalue weighted by Gasteiger charge is -2.14. The van der Waals surface area contributed by atoms with Crippen molar-refractivity contribution in [2.75, 3.05) is 39.6 Å². The van der Waals surface area contributed by atoms with Crippen LogP contribution in [0.4, 0.5) is 5.82 Å². The Bertz CT molecular complexity index is 393. The average molecular weight is 266 g/mol. The quantitative estimate of drug-likeness (QED) is 0.730. The summed E-state index contributed by atoms with van der Waals surface area (Å²) in [5.41, 5.74) is 0.979. The number of hydrogen-bond acceptors (Lipinski definition) is 5. The second-order valence-electron chi connectivity index (χ2n) is 4.92. The number of nitrogens with zero attached hydrogens (tertiary/aromatic N) is 3. The summed E-state index contributed by atoms with van der Waals surface area (Å²) >= 11 is 0. The van der Waals surface area contributed by atoms with Crippen LogP contribution in [0.15, 0.2) is 0 Å². The molecule has 0 radical (unpaired) electrons. The highest BCUT2D eigenvalue weighted by Gasteiger charge is 2.10. The summed E-state index contributed by atoms with van der Waals surface area (Å²) in [6, 6.07) is 0. The molecule has 1 rings (SSSR count). The van der Waals surface area contributed by atoms with Crippen LogP contribution < -0.4 is 10.1 Å². The third-order valence-corrected chi connectivity index (χ3v) is 2.85. The molecule has 0 aliphatic rings. The molecule has 108 valence electrons. The van der Waals surface area contributed by atoms with Gasteiger partial charge in [-0.3, -0.25) is 0 Å². The first kappa shape index (κ1) is 15.7. The number of aryl methyl sites for hydroxylation is 1. The summed E-state index contributed by atoms with van der Waals surface area (Å²) in [7, 11) is 6.00. The minimum atomic E-state index is 0.685. The van der Waals surface area contributed by atoms with Crippen molar-refractivity contribution in [1.29, 1.82) is 0 Å². The van der Waals surface area contributed by atoms with Gasteiger partial charge in [0.25, 0.3) is 0 Å². The number of hydrogen-bond donors (Lipinski definition) is 1. The second kappa shape index (κ2) is 7.94. The van der Waals surface area contributed by atoms with E-state index in [-0.39, 0.29) is 0 Å². The summed E-state index contributed by atoms with van der Waals surface area (Å²) in [6.07, 6.45) is 2.91. The van der Waals surface area contributed by atoms with Crippen LogP contribution in [0.1, 0.15) is 31.2 Å². The minimum absolute atomic E-state index is 0.685. The van der Waals surface area contributed by atoms with E-state index in [1.807, 2.05) is 14.0 Å². The Labute approximate surface area is 116 Å². The maximum atomic E-state index is 5.80. The lowest BCUT2D eigenvalue weighted by atomic mass is 10.3. The Morgan fingerprint density at radius 2 is 2.00 bits per heavy atom. The van der Waals surface area contributed by atoms with E-state index in [4.69, 9.17) is 4.74 Å². The molecule has 1 heterocycles. The lowest BCUT2D eigenvalue weighted by molar-refractivity contribution is 0.270. The Balaban J connectivity index is 2.71. The predicted molar refractivity (Wildman–Crippen MR) is 79.0 cm³/mol. The summed E-state index contributed by atoms with van der Waals surface area (Å²) in [4.78, 5) is 11.1. The minimum Gasteiger partial charge on any atom is -0.477 e. The molecular weight excluding hydrogens is 240 g/mol. The first-order chi connectivity index (χ1) is 9.08. The molecule has 0 bridgehead atoms. The van der Waals surface area contributed by atoms with Crippen molar-refractivity contribution in [2.45, 2.75) is 33.1 Å². The molecule has 0 aliphatic heterocycles. The molecule has 0 atom stereocenters. The van der Waals surface area contributed by atoms with Gasteiger partial charge in [0.05, 0.1) is 12.2 Å². The molecule has 0 aliphatic carbocycles. The van der Waals surface area contributed by atoms with Crippen molar-refractivity contribution >= 4 is 5.82 Å². The highest BCUT2D eigenvalue weighted by Crippen LogP contribution is 2.22. The summed E-state index contributed by atoms with van der Waals surface area (Å²) < 4.78 is 5.80. The normalized spacial score (nSPS) is 10.8. The van der Waals surface area contributed by atoms with E-state index in [0.717, 1.165) is 43.0 Å². The van der Waals surface area contributed by atoms with Gasteiger partial charge >= 0.3 is 0 Å². The molecule has 1 aromatic rings. The molecule has 0 saturated carbocycles. The van der Waals surface area contributed by atoms with Crippen molar-refractivity contribution in [3.8, 4) is 5.88 Å². The molecule has 0 amide bonds. The average Bonchev–Trinajstić information content (AvgIpc) is 2.37. The first-order valence-corrected chi connectivity index (χ1v) is 6.91. The fourth-order valence-corrected chi connectivity index (χ4v) is 1.81. The van der Waals surface area contributed by atoms with Gasteiger partial charge in [-0.1, -0.05) is 6.92 Å². The van der Waals surface area contributed by atoms with Crippen LogP contribution in [0.3, 0.4) is 0 Å². The number of aromatic nitrogens is 2. The van der Waals surface area contributed by atoms with E-state index >= 15 is 0 Å². The molecule has 0 unspecified atom stereocenters. The fourth-order valence-electron chi connectivity index (χ4n) is 1.81. The highest BCUT2D eigenvalue weighted by molar-refractivity contribution is 5.48. The Morgan fingerprint density at radius 1 is 1.26 bits per heavy atom. The molecular formula is C14H26N4O. The molecule has 1 N–H and O–H groups in total. The van der Waals surface area contributed by atoms with Gasteiger partial charge in [0.1, 0.15) is 11.6 Å². The van der Waals surface area contributed by atoms with Crippen LogP contribution in [-0.2, 0) is 6.42 Å². The van der Waals surface area contributed by atoms with Crippen molar-refractivity contribution < 1.29 is 4.74 Å². The predicted octanol–water partition coefficient (Wildman–Crippen LogP) is 2.11. The SMILES string of the molecule is CCCc1nc(NC)c(C)c(OCCCN(C)C)n1. The summed E-state index contributed by atoms with van der Waals surface area (Å²) in [5.74, 6) is 2.42. The first-order valence-electron chi connectivity index (χ1n) is 6.91. The van der Waals surface area contributed by atoms with Crippen LogP contribution in [0.5, 0.6) is 5.88 Å². The number of rotatable bonds is 8. The standard InChI is InChI=1S/C14H26N4O/c1-6-8-12-16-13(15-3)11(2)14(17-12)19-10-7-9-18(4)5/h6-10H2,1-5H3,(H,15,16,17). The zero-order valence-corrected chi connectivity index (χ0v) is 12.8. The van der Waals surface area contributed by atoms with Gasteiger partial charge in [-0.25, -0.2) is 4.98 Å². The summed E-state index contributed by atoms with van der Waals surface area (Å²) in [6.45, 7) is 5.82. The topological polar surface area (TPSA) is 50.3 Å². The molecule has 19 heavy (non-hydrogen) atoms. The van der Waals surface area contributed by atoms with Crippen molar-refractivity contribution in [3.05, 3.63) is 11.4 Å². The molecule has 0 spiro atoms. The third-order valence-electron chi connectivity index (χ3n) is 2.85. The fraction of sp³-hybridized carbons (Fsp3) is 0.714. The molecule has 5 nitrogen and oxygen atoms in total. The zero-order valence-electron chi connectivity index (χ0n) is 12.8. The highest BCUT2D eigenvalue weighted by atomic mass is 16.5. The van der Waals surface area contributed by atoms with E-state index in [0.29, 0.717) is 12.5 Å². The third kappa shape index (κ3) is 5.03. The smallest absolute Gasteiger partial charge is 0.221 e. The van der Waals surface area contributed by atoms with Gasteiger partial charge in [0.15, 0.2) is 0 Å². The van der Waals surface area contributed by atoms with Gasteiger partial charge in [-0.15, -0.1) is 0 Å². The number of nitrogens with one attached hydrogen (secondary N) is 1. The maximum Gasteiger partial charge on any atom is 0.221 e. The van der Waals surface area contributed by atoms with Crippen LogP contribution in [0.25, 0.3) is 0 Å². The van der Waals surface area contributed by atoms with Gasteiger partial charge < -0.3 is 15.0 Å². The number of anilines is 1. The van der Waals surface area contributed by atoms with Crippen LogP contribution in [0, 0.1) is 6.92 Å². The second-order valence-corrected chi connectivity index (χ2v) is 4.92. The van der Waals surface area contributed by atoms with Crippen molar-refractivity contribution in [1.82, 2.24) is 14.9 Å². The van der Waals surface area contributed by atoms with E-state index in [9.17, 15) is 0 Å². The molecule has 0 saturated heterocycles. The van der Waals surface area contributed by atoms with Gasteiger partial charge in [0, 0.05) is 20.0 Å². The molecule has 0 fully saturated rings. The van der Waals surface area contributed by atoms with Crippen LogP contribution in [-0.4, -0.2) is 49.2 Å². The summed E-state index contributed by atoms with van der Waals surface area (Å²) in [5, 5.41) is 3.10.